The standard InChI is InChI=1S/C9H20N2O2/c1-8(2)7-13-5-3-4-11-9(12)6-10/h8H,3-7,10H2,1-2H3,(H,11,12). The monoisotopic (exact) mass is 188 g/mol. The van der Waals surface area contributed by atoms with Gasteiger partial charge in [0.2, 0.25) is 5.91 Å². The third-order valence-corrected chi connectivity index (χ3v) is 1.42. The molecule has 0 aliphatic rings. The molecule has 0 saturated carbocycles. The van der Waals surface area contributed by atoms with Gasteiger partial charge < -0.3 is 15.8 Å². The zero-order valence-corrected chi connectivity index (χ0v) is 8.51. The summed E-state index contributed by atoms with van der Waals surface area (Å²) in [5.41, 5.74) is 5.11. The topological polar surface area (TPSA) is 64.3 Å². The minimum Gasteiger partial charge on any atom is -0.381 e. The van der Waals surface area contributed by atoms with Gasteiger partial charge in [0.05, 0.1) is 6.54 Å². The fraction of sp³-hybridized carbons (Fsp3) is 0.889. The molecule has 0 fully saturated rings. The molecule has 4 nitrogen and oxygen atoms in total. The Bertz CT molecular complexity index is 138. The zero-order chi connectivity index (χ0) is 10.1. The molecule has 1 amide bonds. The van der Waals surface area contributed by atoms with Crippen LogP contribution in [0.1, 0.15) is 20.3 Å². The van der Waals surface area contributed by atoms with Crippen LogP contribution in [0, 0.1) is 5.92 Å². The predicted octanol–water partition coefficient (Wildman–Crippen LogP) is 0.124. The van der Waals surface area contributed by atoms with Gasteiger partial charge in [0, 0.05) is 19.8 Å². The maximum absolute atomic E-state index is 10.7. The molecule has 0 aromatic heterocycles. The Morgan fingerprint density at radius 1 is 1.54 bits per heavy atom. The lowest BCUT2D eigenvalue weighted by Gasteiger charge is -2.06. The molecule has 0 aliphatic heterocycles. The molecule has 0 saturated heterocycles. The van der Waals surface area contributed by atoms with Crippen LogP contribution in [0.3, 0.4) is 0 Å². The summed E-state index contributed by atoms with van der Waals surface area (Å²) in [7, 11) is 0. The van der Waals surface area contributed by atoms with Gasteiger partial charge in [-0.15, -0.1) is 0 Å². The highest BCUT2D eigenvalue weighted by Crippen LogP contribution is 1.92. The summed E-state index contributed by atoms with van der Waals surface area (Å²) in [6.07, 6.45) is 0.846. The number of carbonyl (C=O) groups is 1. The van der Waals surface area contributed by atoms with Crippen LogP contribution in [0.15, 0.2) is 0 Å². The summed E-state index contributed by atoms with van der Waals surface area (Å²) in [6, 6.07) is 0. The molecule has 0 rings (SSSR count). The van der Waals surface area contributed by atoms with E-state index < -0.39 is 0 Å². The molecule has 0 spiro atoms. The second-order valence-electron chi connectivity index (χ2n) is 3.38. The number of amides is 1. The SMILES string of the molecule is CC(C)COCCCNC(=O)CN. The highest BCUT2D eigenvalue weighted by Gasteiger charge is 1.96. The maximum Gasteiger partial charge on any atom is 0.233 e. The summed E-state index contributed by atoms with van der Waals surface area (Å²) >= 11 is 0. The Morgan fingerprint density at radius 2 is 2.23 bits per heavy atom. The second kappa shape index (κ2) is 8.01. The van der Waals surface area contributed by atoms with Gasteiger partial charge in [0.1, 0.15) is 0 Å². The molecule has 0 atom stereocenters. The van der Waals surface area contributed by atoms with Crippen LogP contribution in [0.5, 0.6) is 0 Å². The number of nitrogens with one attached hydrogen (secondary N) is 1. The summed E-state index contributed by atoms with van der Waals surface area (Å²) in [4.78, 5) is 10.7. The van der Waals surface area contributed by atoms with Crippen LogP contribution < -0.4 is 11.1 Å². The Labute approximate surface area is 79.8 Å². The molecule has 0 aromatic rings. The predicted molar refractivity (Wildman–Crippen MR) is 52.3 cm³/mol. The Hall–Kier alpha value is -0.610. The number of rotatable bonds is 7. The summed E-state index contributed by atoms with van der Waals surface area (Å²) < 4.78 is 5.33. The van der Waals surface area contributed by atoms with Crippen LogP contribution in [0.4, 0.5) is 0 Å². The molecule has 4 heteroatoms. The summed E-state index contributed by atoms with van der Waals surface area (Å²) in [5.74, 6) is 0.461. The lowest BCUT2D eigenvalue weighted by molar-refractivity contribution is -0.119. The molecular weight excluding hydrogens is 168 g/mol. The van der Waals surface area contributed by atoms with E-state index >= 15 is 0 Å². The van der Waals surface area contributed by atoms with Gasteiger partial charge in [0.15, 0.2) is 0 Å². The van der Waals surface area contributed by atoms with Crippen molar-refractivity contribution in [2.75, 3.05) is 26.3 Å². The van der Waals surface area contributed by atoms with E-state index in [0.29, 0.717) is 19.1 Å². The van der Waals surface area contributed by atoms with E-state index in [1.807, 2.05) is 0 Å². The van der Waals surface area contributed by atoms with Crippen LogP contribution >= 0.6 is 0 Å². The molecule has 0 bridgehead atoms. The van der Waals surface area contributed by atoms with Gasteiger partial charge >= 0.3 is 0 Å². The zero-order valence-electron chi connectivity index (χ0n) is 8.51. The third-order valence-electron chi connectivity index (χ3n) is 1.42. The van der Waals surface area contributed by atoms with Crippen molar-refractivity contribution in [2.45, 2.75) is 20.3 Å². The first-order valence-electron chi connectivity index (χ1n) is 4.71. The number of carbonyl (C=O) groups excluding carboxylic acids is 1. The molecule has 13 heavy (non-hydrogen) atoms. The Balaban J connectivity index is 3.04. The smallest absolute Gasteiger partial charge is 0.233 e. The molecule has 0 aromatic carbocycles. The van der Waals surface area contributed by atoms with Crippen molar-refractivity contribution in [3.05, 3.63) is 0 Å². The first kappa shape index (κ1) is 12.4. The summed E-state index contributed by atoms with van der Waals surface area (Å²) in [6.45, 7) is 6.40. The first-order valence-corrected chi connectivity index (χ1v) is 4.71. The van der Waals surface area contributed by atoms with E-state index in [2.05, 4.69) is 19.2 Å². The second-order valence-corrected chi connectivity index (χ2v) is 3.38. The molecule has 78 valence electrons. The van der Waals surface area contributed by atoms with Crippen molar-refractivity contribution >= 4 is 5.91 Å². The fourth-order valence-electron chi connectivity index (χ4n) is 0.793. The number of hydrogen-bond acceptors (Lipinski definition) is 3. The van der Waals surface area contributed by atoms with Gasteiger partial charge in [-0.1, -0.05) is 13.8 Å². The molecule has 3 N–H and O–H groups in total. The van der Waals surface area contributed by atoms with Crippen LogP contribution in [-0.4, -0.2) is 32.2 Å². The lowest BCUT2D eigenvalue weighted by atomic mass is 10.2. The van der Waals surface area contributed by atoms with Crippen LogP contribution in [-0.2, 0) is 9.53 Å². The lowest BCUT2D eigenvalue weighted by Crippen LogP contribution is -2.31. The normalized spacial score (nSPS) is 10.5. The van der Waals surface area contributed by atoms with Crippen LogP contribution in [0.2, 0.25) is 0 Å². The third kappa shape index (κ3) is 9.30. The number of ether oxygens (including phenoxy) is 1. The Morgan fingerprint density at radius 3 is 2.77 bits per heavy atom. The molecule has 0 radical (unpaired) electrons. The van der Waals surface area contributed by atoms with Crippen molar-refractivity contribution in [3.8, 4) is 0 Å². The van der Waals surface area contributed by atoms with E-state index in [0.717, 1.165) is 13.0 Å². The van der Waals surface area contributed by atoms with Crippen LogP contribution in [0.25, 0.3) is 0 Å². The van der Waals surface area contributed by atoms with Crippen molar-refractivity contribution < 1.29 is 9.53 Å². The van der Waals surface area contributed by atoms with E-state index in [1.54, 1.807) is 0 Å². The average Bonchev–Trinajstić information content (AvgIpc) is 2.10. The van der Waals surface area contributed by atoms with Gasteiger partial charge in [-0.2, -0.15) is 0 Å². The largest absolute Gasteiger partial charge is 0.381 e. The van der Waals surface area contributed by atoms with Crippen molar-refractivity contribution in [1.29, 1.82) is 0 Å². The van der Waals surface area contributed by atoms with Crippen molar-refractivity contribution in [2.24, 2.45) is 11.7 Å². The average molecular weight is 188 g/mol. The van der Waals surface area contributed by atoms with Gasteiger partial charge in [-0.3, -0.25) is 4.79 Å². The van der Waals surface area contributed by atoms with E-state index in [1.165, 1.54) is 0 Å². The fourth-order valence-corrected chi connectivity index (χ4v) is 0.793. The van der Waals surface area contributed by atoms with E-state index in [-0.39, 0.29) is 12.5 Å². The molecule has 0 heterocycles. The highest BCUT2D eigenvalue weighted by molar-refractivity contribution is 5.77. The van der Waals surface area contributed by atoms with Crippen molar-refractivity contribution in [1.82, 2.24) is 5.32 Å². The Kier molecular flexibility index (Phi) is 7.63. The van der Waals surface area contributed by atoms with Crippen molar-refractivity contribution in [3.63, 3.8) is 0 Å². The van der Waals surface area contributed by atoms with Gasteiger partial charge in [-0.25, -0.2) is 0 Å². The first-order chi connectivity index (χ1) is 6.16. The maximum atomic E-state index is 10.7. The highest BCUT2D eigenvalue weighted by atomic mass is 16.5. The quantitative estimate of drug-likeness (QED) is 0.558. The van der Waals surface area contributed by atoms with Gasteiger partial charge in [0.25, 0.3) is 0 Å². The number of nitrogens with two attached hydrogens (primary N) is 1. The van der Waals surface area contributed by atoms with E-state index in [9.17, 15) is 4.79 Å². The minimum atomic E-state index is -0.108. The minimum absolute atomic E-state index is 0.0624. The van der Waals surface area contributed by atoms with E-state index in [4.69, 9.17) is 10.5 Å². The molecule has 0 unspecified atom stereocenters. The summed E-state index contributed by atoms with van der Waals surface area (Å²) in [5, 5.41) is 2.68. The van der Waals surface area contributed by atoms with Gasteiger partial charge in [-0.05, 0) is 12.3 Å². The molecular formula is C9H20N2O2. The molecule has 0 aliphatic carbocycles. The number of hydrogen-bond donors (Lipinski definition) is 2.